The first kappa shape index (κ1) is 34.4. The molecule has 0 fully saturated rings. The van der Waals surface area contributed by atoms with Gasteiger partial charge in [-0.2, -0.15) is 15.3 Å². The van der Waals surface area contributed by atoms with Gasteiger partial charge in [0.1, 0.15) is 23.9 Å². The average Bonchev–Trinajstić information content (AvgIpc) is 3.56. The van der Waals surface area contributed by atoms with Gasteiger partial charge in [-0.1, -0.05) is 26.8 Å². The van der Waals surface area contributed by atoms with Crippen LogP contribution in [-0.4, -0.2) is 54.7 Å². The van der Waals surface area contributed by atoms with Crippen molar-refractivity contribution in [1.82, 2.24) is 20.0 Å². The predicted molar refractivity (Wildman–Crippen MR) is 195 cm³/mol. The largest absolute Gasteiger partial charge is 0.497 e. The van der Waals surface area contributed by atoms with Gasteiger partial charge in [-0.05, 0) is 89.9 Å². The van der Waals surface area contributed by atoms with Crippen LogP contribution >= 0.6 is 15.9 Å². The van der Waals surface area contributed by atoms with Crippen LogP contribution in [0.15, 0.2) is 77.7 Å². The fourth-order valence-corrected chi connectivity index (χ4v) is 7.37. The van der Waals surface area contributed by atoms with E-state index in [9.17, 15) is 0 Å². The Balaban J connectivity index is 1.43. The van der Waals surface area contributed by atoms with Crippen molar-refractivity contribution in [3.8, 4) is 34.1 Å². The Morgan fingerprint density at radius 3 is 2.40 bits per heavy atom. The molecule has 0 unspecified atom stereocenters. The van der Waals surface area contributed by atoms with Crippen molar-refractivity contribution >= 4 is 40.8 Å². The van der Waals surface area contributed by atoms with E-state index < -0.39 is 13.9 Å². The summed E-state index contributed by atoms with van der Waals surface area (Å²) < 4.78 is 26.7. The lowest BCUT2D eigenvalue weighted by molar-refractivity contribution is 0.0389. The molecule has 0 aliphatic carbocycles. The molecule has 9 nitrogen and oxygen atoms in total. The van der Waals surface area contributed by atoms with E-state index in [0.29, 0.717) is 18.9 Å². The van der Waals surface area contributed by atoms with E-state index in [-0.39, 0.29) is 5.04 Å². The summed E-state index contributed by atoms with van der Waals surface area (Å²) in [5.74, 6) is 2.21. The van der Waals surface area contributed by atoms with Crippen molar-refractivity contribution < 1.29 is 18.6 Å². The second kappa shape index (κ2) is 13.7. The van der Waals surface area contributed by atoms with Gasteiger partial charge < -0.3 is 24.0 Å². The van der Waals surface area contributed by atoms with Crippen molar-refractivity contribution in [3.05, 3.63) is 83.2 Å². The van der Waals surface area contributed by atoms with Crippen molar-refractivity contribution in [3.63, 3.8) is 0 Å². The molecule has 2 heterocycles. The molecule has 248 valence electrons. The van der Waals surface area contributed by atoms with Gasteiger partial charge in [0, 0.05) is 47.6 Å². The van der Waals surface area contributed by atoms with Crippen molar-refractivity contribution in [1.29, 1.82) is 0 Å². The molecule has 0 radical (unpaired) electrons. The molecule has 0 spiro atoms. The zero-order valence-corrected chi connectivity index (χ0v) is 31.2. The summed E-state index contributed by atoms with van der Waals surface area (Å²) in [5.41, 5.74) is 5.00. The lowest BCUT2D eigenvalue weighted by Gasteiger charge is -2.42. The number of halogens is 1. The number of nitrogens with zero attached hydrogens (tertiary/aromatic N) is 4. The third-order valence-corrected chi connectivity index (χ3v) is 13.9. The summed E-state index contributed by atoms with van der Waals surface area (Å²) in [6.07, 6.45) is 5.44. The number of fused-ring (bicyclic) bond motifs is 1. The summed E-state index contributed by atoms with van der Waals surface area (Å²) in [5, 5.41) is 17.9. The maximum Gasteiger partial charge on any atom is 0.192 e. The average molecular weight is 719 g/mol. The Morgan fingerprint density at radius 2 is 1.72 bits per heavy atom. The van der Waals surface area contributed by atoms with E-state index in [0.717, 1.165) is 54.9 Å². The molecular formula is C36H44BrN5O4Si. The van der Waals surface area contributed by atoms with E-state index in [1.54, 1.807) is 26.6 Å². The number of anilines is 1. The zero-order valence-electron chi connectivity index (χ0n) is 28.6. The first-order valence-electron chi connectivity index (χ1n) is 15.6. The monoisotopic (exact) mass is 717 g/mol. The molecule has 5 rings (SSSR count). The number of benzene rings is 3. The lowest BCUT2D eigenvalue weighted by atomic mass is 10.0. The van der Waals surface area contributed by atoms with Gasteiger partial charge in [-0.3, -0.25) is 0 Å². The fraction of sp³-hybridized carbons (Fsp3) is 0.361. The Hall–Kier alpha value is -3.93. The van der Waals surface area contributed by atoms with Gasteiger partial charge in [-0.15, -0.1) is 0 Å². The minimum absolute atomic E-state index is 0.102. The fourth-order valence-electron chi connectivity index (χ4n) is 5.17. The number of hydrogen-bond acceptors (Lipinski definition) is 8. The molecule has 0 aliphatic rings. The van der Waals surface area contributed by atoms with Gasteiger partial charge in [0.15, 0.2) is 8.32 Å². The number of hydrogen-bond donors (Lipinski definition) is 1. The molecule has 3 aromatic carbocycles. The number of aromatic nitrogens is 4. The highest BCUT2D eigenvalue weighted by Gasteiger charge is 2.41. The molecule has 0 amide bonds. The van der Waals surface area contributed by atoms with Gasteiger partial charge >= 0.3 is 0 Å². The third kappa shape index (κ3) is 7.80. The summed E-state index contributed by atoms with van der Waals surface area (Å²) in [7, 11) is 1.31. The van der Waals surface area contributed by atoms with Crippen LogP contribution in [-0.2, 0) is 11.0 Å². The third-order valence-electron chi connectivity index (χ3n) is 8.63. The van der Waals surface area contributed by atoms with Crippen molar-refractivity contribution in [2.75, 3.05) is 26.1 Å². The summed E-state index contributed by atoms with van der Waals surface area (Å²) in [6.45, 7) is 16.4. The number of methoxy groups -OCH3 is 2. The van der Waals surface area contributed by atoms with Gasteiger partial charge in [0.25, 0.3) is 0 Å². The maximum absolute atomic E-state index is 6.71. The van der Waals surface area contributed by atoms with Gasteiger partial charge in [0.05, 0.1) is 47.4 Å². The zero-order chi connectivity index (χ0) is 34.0. The molecule has 47 heavy (non-hydrogen) atoms. The summed E-state index contributed by atoms with van der Waals surface area (Å²) in [6, 6.07) is 18.0. The van der Waals surface area contributed by atoms with Crippen LogP contribution in [0.3, 0.4) is 0 Å². The highest BCUT2D eigenvalue weighted by Crippen LogP contribution is 2.41. The van der Waals surface area contributed by atoms with Crippen molar-refractivity contribution in [2.45, 2.75) is 64.9 Å². The SMILES string of the molecule is COc1ccc(CNc2cnnc3cc(-c4cc(Br)c(OCC(C)(C)O[Si](C)(C)C(C)(C)C)cc4-n4cccn4)ccc23)c(OC)c1. The molecule has 1 N–H and O–H groups in total. The molecular weight excluding hydrogens is 674 g/mol. The highest BCUT2D eigenvalue weighted by molar-refractivity contribution is 9.10. The smallest absolute Gasteiger partial charge is 0.192 e. The quantitative estimate of drug-likeness (QED) is 0.128. The van der Waals surface area contributed by atoms with E-state index in [4.69, 9.17) is 18.6 Å². The Labute approximate surface area is 286 Å². The second-order valence-corrected chi connectivity index (χ2v) is 19.3. The minimum atomic E-state index is -1.99. The first-order valence-corrected chi connectivity index (χ1v) is 19.3. The molecule has 5 aromatic rings. The van der Waals surface area contributed by atoms with Crippen LogP contribution in [0, 0.1) is 0 Å². The predicted octanol–water partition coefficient (Wildman–Crippen LogP) is 9.05. The van der Waals surface area contributed by atoms with Crippen LogP contribution in [0.5, 0.6) is 17.2 Å². The molecule has 0 aliphatic heterocycles. The molecule has 0 bridgehead atoms. The maximum atomic E-state index is 6.71. The number of ether oxygens (including phenoxy) is 3. The Morgan fingerprint density at radius 1 is 0.936 bits per heavy atom. The van der Waals surface area contributed by atoms with Crippen LogP contribution in [0.2, 0.25) is 18.1 Å². The Bertz CT molecular complexity index is 1860. The molecule has 2 aromatic heterocycles. The van der Waals surface area contributed by atoms with Crippen LogP contribution in [0.1, 0.15) is 40.2 Å². The topological polar surface area (TPSA) is 92.6 Å². The highest BCUT2D eigenvalue weighted by atomic mass is 79.9. The van der Waals surface area contributed by atoms with Gasteiger partial charge in [-0.25, -0.2) is 4.68 Å². The van der Waals surface area contributed by atoms with Crippen molar-refractivity contribution in [2.24, 2.45) is 0 Å². The molecule has 11 heteroatoms. The second-order valence-electron chi connectivity index (χ2n) is 13.7. The Kier molecular flexibility index (Phi) is 10.00. The molecule has 0 atom stereocenters. The van der Waals surface area contributed by atoms with Gasteiger partial charge in [0.2, 0.25) is 0 Å². The van der Waals surface area contributed by atoms with E-state index in [1.807, 2.05) is 47.3 Å². The minimum Gasteiger partial charge on any atom is -0.497 e. The van der Waals surface area contributed by atoms with Crippen LogP contribution < -0.4 is 19.5 Å². The first-order chi connectivity index (χ1) is 22.2. The van der Waals surface area contributed by atoms with E-state index in [2.05, 4.69) is 102 Å². The van der Waals surface area contributed by atoms with Crippen LogP contribution in [0.4, 0.5) is 5.69 Å². The standard InChI is InChI=1S/C36H44BrN5O4Si/c1-35(2,3)47(8,9)46-36(4,5)23-45-34-20-32(42-16-10-15-40-42)28(19-29(34)37)24-12-14-27-30(17-24)41-39-22-31(27)38-21-25-11-13-26(43-6)18-33(25)44-7/h10-20,22H,21,23H2,1-9H3,(H,38,41). The molecule has 0 saturated heterocycles. The molecule has 0 saturated carbocycles. The number of rotatable bonds is 12. The van der Waals surface area contributed by atoms with E-state index in [1.165, 1.54) is 0 Å². The van der Waals surface area contributed by atoms with E-state index >= 15 is 0 Å². The van der Waals surface area contributed by atoms with Crippen LogP contribution in [0.25, 0.3) is 27.7 Å². The number of nitrogens with one attached hydrogen (secondary N) is 1. The lowest BCUT2D eigenvalue weighted by Crippen LogP contribution is -2.49. The summed E-state index contributed by atoms with van der Waals surface area (Å²) in [4.78, 5) is 0. The summed E-state index contributed by atoms with van der Waals surface area (Å²) >= 11 is 3.78. The normalized spacial score (nSPS) is 12.3.